The Kier molecular flexibility index (Phi) is 15.5. The Bertz CT molecular complexity index is 1380. The lowest BCUT2D eigenvalue weighted by Gasteiger charge is -2.45. The van der Waals surface area contributed by atoms with Crippen molar-refractivity contribution in [1.29, 1.82) is 0 Å². The Balaban J connectivity index is 0.000000208. The number of para-hydroxylation sites is 1. The highest BCUT2D eigenvalue weighted by Crippen LogP contribution is 2.54. The van der Waals surface area contributed by atoms with Gasteiger partial charge in [0, 0.05) is 64.6 Å². The van der Waals surface area contributed by atoms with Crippen LogP contribution in [0.1, 0.15) is 204 Å². The van der Waals surface area contributed by atoms with Gasteiger partial charge in [-0.2, -0.15) is 0 Å². The quantitative estimate of drug-likeness (QED) is 0.259. The molecule has 3 saturated heterocycles. The summed E-state index contributed by atoms with van der Waals surface area (Å²) in [5.41, 5.74) is 5.26. The monoisotopic (exact) mass is 811 g/mol. The number of rotatable bonds is 0. The van der Waals surface area contributed by atoms with Gasteiger partial charge in [-0.05, 0) is 167 Å². The van der Waals surface area contributed by atoms with Crippen LogP contribution in [0, 0.1) is 27.6 Å². The van der Waals surface area contributed by atoms with Crippen LogP contribution >= 0.6 is 0 Å². The molecule has 58 heavy (non-hydrogen) atoms. The molecule has 7 unspecified atom stereocenters. The number of anilines is 1. The maximum atomic E-state index is 13.4. The molecule has 4 nitrogen and oxygen atoms in total. The topological polar surface area (TPSA) is 13.0 Å². The van der Waals surface area contributed by atoms with E-state index in [-0.39, 0.29) is 16.5 Å². The molecule has 4 heterocycles. The van der Waals surface area contributed by atoms with Gasteiger partial charge < -0.3 is 4.90 Å². The van der Waals surface area contributed by atoms with Crippen LogP contribution in [0.3, 0.4) is 0 Å². The summed E-state index contributed by atoms with van der Waals surface area (Å²) in [6.45, 7) is 57.3. The molecule has 1 aliphatic carbocycles. The van der Waals surface area contributed by atoms with Crippen molar-refractivity contribution in [3.8, 4) is 0 Å². The number of piperidine rings is 1. The number of benzene rings is 1. The molecular formula is C53H99FN4. The Labute approximate surface area is 362 Å². The molecule has 0 aromatic heterocycles. The average molecular weight is 811 g/mol. The Morgan fingerprint density at radius 2 is 0.983 bits per heavy atom. The highest BCUT2D eigenvalue weighted by molar-refractivity contribution is 5.61. The number of likely N-dealkylation sites (tertiary alicyclic amines) is 3. The van der Waals surface area contributed by atoms with Gasteiger partial charge in [0.1, 0.15) is 6.17 Å². The smallest absolute Gasteiger partial charge is 0.114 e. The number of nitrogens with zero attached hydrogens (tertiary/aromatic N) is 4. The molecule has 1 aromatic rings. The minimum atomic E-state index is -0.640. The largest absolute Gasteiger partial charge is 0.363 e. The van der Waals surface area contributed by atoms with Crippen LogP contribution in [0.15, 0.2) is 24.3 Å². The van der Waals surface area contributed by atoms with E-state index in [0.29, 0.717) is 52.4 Å². The first-order valence-electron chi connectivity index (χ1n) is 23.6. The standard InChI is InChI=1S/C16H25N.C13H25N.C12H24FN.C12H25N/c1-15(2,3)14-11-12-9-7-8-10-13(12)17(14)16(4,5)6;1-12(2,3)11-8-9-7-10(9)14(11)13(4,5)6;1-11(2,3)10-7-9(13)8-14(10)12(4,5)6;1-11(2,3)10-8-7-9-13(10)12(4,5)6/h7-10,14H,11H2,1-6H3;9-11H,7-8H2,1-6H3;9-10H,7-8H2,1-6H3;10H,7-9H2,1-6H3. The van der Waals surface area contributed by atoms with Crippen molar-refractivity contribution in [1.82, 2.24) is 14.7 Å². The maximum Gasteiger partial charge on any atom is 0.114 e. The first kappa shape index (κ1) is 51.2. The zero-order chi connectivity index (χ0) is 45.0. The SMILES string of the molecule is CC(C)(C)C1CC(F)CN1C(C)(C)C.CC(C)(C)C1CC2CC2N1C(C)(C)C.CC(C)(C)C1CCCN1C(C)(C)C.CC(C)(C)C1Cc2ccccc2N1C(C)(C)C. The second-order valence-electron chi connectivity index (χ2n) is 27.4. The molecule has 5 heteroatoms. The molecule has 5 aliphatic rings. The van der Waals surface area contributed by atoms with E-state index in [1.54, 1.807) is 0 Å². The summed E-state index contributed by atoms with van der Waals surface area (Å²) in [6, 6.07) is 12.3. The fraction of sp³-hybridized carbons (Fsp3) is 0.887. The molecule has 0 bridgehead atoms. The van der Waals surface area contributed by atoms with E-state index in [0.717, 1.165) is 24.0 Å². The second-order valence-corrected chi connectivity index (χ2v) is 27.4. The molecule has 338 valence electrons. The zero-order valence-corrected chi connectivity index (χ0v) is 43.2. The van der Waals surface area contributed by atoms with Crippen molar-refractivity contribution in [2.45, 2.75) is 263 Å². The maximum absolute atomic E-state index is 13.4. The molecule has 6 rings (SSSR count). The van der Waals surface area contributed by atoms with E-state index in [2.05, 4.69) is 210 Å². The second kappa shape index (κ2) is 17.5. The van der Waals surface area contributed by atoms with E-state index in [9.17, 15) is 4.39 Å². The van der Waals surface area contributed by atoms with Gasteiger partial charge in [0.15, 0.2) is 0 Å². The van der Waals surface area contributed by atoms with Crippen LogP contribution in [0.25, 0.3) is 0 Å². The van der Waals surface area contributed by atoms with E-state index in [4.69, 9.17) is 0 Å². The van der Waals surface area contributed by atoms with Crippen molar-refractivity contribution in [3.63, 3.8) is 0 Å². The summed E-state index contributed by atoms with van der Waals surface area (Å²) >= 11 is 0. The molecular weight excluding hydrogens is 712 g/mol. The fourth-order valence-corrected chi connectivity index (χ4v) is 10.9. The van der Waals surface area contributed by atoms with Crippen molar-refractivity contribution in [2.24, 2.45) is 27.6 Å². The van der Waals surface area contributed by atoms with Crippen molar-refractivity contribution in [3.05, 3.63) is 29.8 Å². The van der Waals surface area contributed by atoms with Gasteiger partial charge in [0.2, 0.25) is 0 Å². The number of alkyl halides is 1. The van der Waals surface area contributed by atoms with Crippen molar-refractivity contribution >= 4 is 5.69 Å². The molecule has 4 fully saturated rings. The normalized spacial score (nSPS) is 28.8. The third-order valence-electron chi connectivity index (χ3n) is 13.8. The minimum absolute atomic E-state index is 0.0821. The number of hydrogen-bond acceptors (Lipinski definition) is 4. The van der Waals surface area contributed by atoms with Gasteiger partial charge in [-0.3, -0.25) is 14.7 Å². The lowest BCUT2D eigenvalue weighted by molar-refractivity contribution is 0.0363. The van der Waals surface area contributed by atoms with E-state index in [1.807, 2.05) is 0 Å². The van der Waals surface area contributed by atoms with Gasteiger partial charge in [0.25, 0.3) is 0 Å². The number of halogens is 1. The lowest BCUT2D eigenvalue weighted by Crippen LogP contribution is -2.51. The highest BCUT2D eigenvalue weighted by Gasteiger charge is 2.57. The third kappa shape index (κ3) is 13.2. The first-order valence-corrected chi connectivity index (χ1v) is 23.6. The van der Waals surface area contributed by atoms with E-state index >= 15 is 0 Å². The predicted molar refractivity (Wildman–Crippen MR) is 255 cm³/mol. The summed E-state index contributed by atoms with van der Waals surface area (Å²) in [7, 11) is 0. The fourth-order valence-electron chi connectivity index (χ4n) is 10.9. The number of fused-ring (bicyclic) bond motifs is 2. The minimum Gasteiger partial charge on any atom is -0.363 e. The molecule has 1 saturated carbocycles. The van der Waals surface area contributed by atoms with Gasteiger partial charge in [-0.25, -0.2) is 4.39 Å². The van der Waals surface area contributed by atoms with Crippen LogP contribution < -0.4 is 4.90 Å². The van der Waals surface area contributed by atoms with Gasteiger partial charge in [-0.1, -0.05) is 101 Å². The summed E-state index contributed by atoms with van der Waals surface area (Å²) in [4.78, 5) is 10.4. The van der Waals surface area contributed by atoms with Gasteiger partial charge in [0.05, 0.1) is 0 Å². The van der Waals surface area contributed by atoms with Crippen LogP contribution in [-0.4, -0.2) is 86.3 Å². The zero-order valence-electron chi connectivity index (χ0n) is 43.2. The van der Waals surface area contributed by atoms with Crippen molar-refractivity contribution in [2.75, 3.05) is 18.0 Å². The summed E-state index contributed by atoms with van der Waals surface area (Å²) in [5.74, 6) is 1.03. The average Bonchev–Trinajstić information content (AvgIpc) is 3.50. The van der Waals surface area contributed by atoms with Crippen LogP contribution in [-0.2, 0) is 6.42 Å². The van der Waals surface area contributed by atoms with Crippen LogP contribution in [0.4, 0.5) is 10.1 Å². The van der Waals surface area contributed by atoms with Gasteiger partial charge >= 0.3 is 0 Å². The third-order valence-corrected chi connectivity index (χ3v) is 13.8. The van der Waals surface area contributed by atoms with Gasteiger partial charge in [-0.15, -0.1) is 0 Å². The van der Waals surface area contributed by atoms with Crippen LogP contribution in [0.2, 0.25) is 0 Å². The Hall–Kier alpha value is -1.17. The van der Waals surface area contributed by atoms with E-state index in [1.165, 1.54) is 49.9 Å². The predicted octanol–water partition coefficient (Wildman–Crippen LogP) is 14.1. The molecule has 0 spiro atoms. The molecule has 4 aliphatic heterocycles. The van der Waals surface area contributed by atoms with Crippen molar-refractivity contribution < 1.29 is 4.39 Å². The number of hydrogen-bond donors (Lipinski definition) is 0. The Morgan fingerprint density at radius 1 is 0.500 bits per heavy atom. The molecule has 1 aromatic carbocycles. The molecule has 0 amide bonds. The lowest BCUT2D eigenvalue weighted by atomic mass is 9.82. The Morgan fingerprint density at radius 3 is 1.36 bits per heavy atom. The molecule has 0 N–H and O–H groups in total. The summed E-state index contributed by atoms with van der Waals surface area (Å²) < 4.78 is 13.4. The first-order chi connectivity index (χ1) is 25.8. The highest BCUT2D eigenvalue weighted by atomic mass is 19.1. The van der Waals surface area contributed by atoms with Crippen LogP contribution in [0.5, 0.6) is 0 Å². The molecule has 7 atom stereocenters. The van der Waals surface area contributed by atoms with E-state index < -0.39 is 6.17 Å². The summed E-state index contributed by atoms with van der Waals surface area (Å²) in [6.07, 6.45) is 6.88. The molecule has 0 radical (unpaired) electrons. The summed E-state index contributed by atoms with van der Waals surface area (Å²) in [5, 5.41) is 0.